The van der Waals surface area contributed by atoms with Crippen molar-refractivity contribution in [3.05, 3.63) is 35.5 Å². The summed E-state index contributed by atoms with van der Waals surface area (Å²) in [5.41, 5.74) is 7.33. The molecule has 0 unspecified atom stereocenters. The topological polar surface area (TPSA) is 93.8 Å². The predicted octanol–water partition coefficient (Wildman–Crippen LogP) is 4.67. The number of amidine groups is 1. The van der Waals surface area contributed by atoms with Gasteiger partial charge in [-0.25, -0.2) is 4.79 Å². The normalized spacial score (nSPS) is 15.8. The number of rotatable bonds is 7. The van der Waals surface area contributed by atoms with Crippen LogP contribution in [0.1, 0.15) is 67.7 Å². The van der Waals surface area contributed by atoms with Gasteiger partial charge in [0, 0.05) is 5.57 Å². The second-order valence-electron chi connectivity index (χ2n) is 7.23. The molecule has 0 aromatic heterocycles. The minimum atomic E-state index is -0.661. The maximum absolute atomic E-state index is 12.0. The molecule has 6 heteroatoms. The highest BCUT2D eigenvalue weighted by molar-refractivity contribution is 6.06. The molecule has 1 fully saturated rings. The molecule has 6 nitrogen and oxygen atoms in total. The lowest BCUT2D eigenvalue weighted by molar-refractivity contribution is -0.117. The molecule has 28 heavy (non-hydrogen) atoms. The van der Waals surface area contributed by atoms with Crippen LogP contribution in [0.25, 0.3) is 0 Å². The first-order chi connectivity index (χ1) is 13.2. The lowest BCUT2D eigenvalue weighted by Gasteiger charge is -2.19. The summed E-state index contributed by atoms with van der Waals surface area (Å²) in [7, 11) is 0. The molecule has 0 heterocycles. The Labute approximate surface area is 170 Å². The van der Waals surface area contributed by atoms with Crippen molar-refractivity contribution in [2.24, 2.45) is 16.6 Å². The van der Waals surface area contributed by atoms with Crippen LogP contribution >= 0.6 is 0 Å². The van der Waals surface area contributed by atoms with Gasteiger partial charge in [0.15, 0.2) is 0 Å². The van der Waals surface area contributed by atoms with Crippen LogP contribution in [0.4, 0.5) is 4.79 Å². The van der Waals surface area contributed by atoms with E-state index >= 15 is 0 Å². The zero-order valence-corrected chi connectivity index (χ0v) is 18.5. The number of amides is 2. The number of ether oxygens (including phenoxy) is 1. The van der Waals surface area contributed by atoms with Gasteiger partial charge in [0.2, 0.25) is 0 Å². The van der Waals surface area contributed by atoms with Crippen molar-refractivity contribution >= 4 is 17.8 Å². The third kappa shape index (κ3) is 11.4. The first-order valence-corrected chi connectivity index (χ1v) is 10.0. The number of nitrogens with two attached hydrogens (primary N) is 1. The minimum absolute atomic E-state index is 0.141. The highest BCUT2D eigenvalue weighted by Gasteiger charge is 2.24. The number of nitrogens with zero attached hydrogens (tertiary/aromatic N) is 1. The third-order valence-electron chi connectivity index (χ3n) is 3.48. The molecular formula is C22H37N3O3. The molecule has 0 aliphatic heterocycles. The first-order valence-electron chi connectivity index (χ1n) is 10.0. The molecule has 1 saturated carbocycles. The summed E-state index contributed by atoms with van der Waals surface area (Å²) >= 11 is 0. The standard InChI is InChI=1S/C20H31N3O3.C2H6/c1-6-8-15(14-10-11-14)12-16(9-7-2)18(21)23-17(24)13-22-19(25)26-20(3,4)5;1-2/h7-9,12,14H,6,10-11,13H2,1-5H3,(H,22,25)(H2,21,23,24);1-2H3/b9-7-,15-8-,16-12+;. The van der Waals surface area contributed by atoms with Gasteiger partial charge >= 0.3 is 6.09 Å². The molecule has 1 rings (SSSR count). The van der Waals surface area contributed by atoms with Crippen molar-refractivity contribution in [3.63, 3.8) is 0 Å². The molecule has 1 aliphatic rings. The van der Waals surface area contributed by atoms with Crippen molar-refractivity contribution in [1.82, 2.24) is 5.32 Å². The fourth-order valence-corrected chi connectivity index (χ4v) is 2.26. The van der Waals surface area contributed by atoms with Gasteiger partial charge in [-0.05, 0) is 64.5 Å². The molecule has 0 spiro atoms. The summed E-state index contributed by atoms with van der Waals surface area (Å²) in [6.45, 7) is 13.0. The first kappa shape index (κ1) is 25.6. The van der Waals surface area contributed by atoms with E-state index in [0.29, 0.717) is 11.5 Å². The molecule has 0 atom stereocenters. The van der Waals surface area contributed by atoms with E-state index in [1.54, 1.807) is 20.8 Å². The molecule has 1 aliphatic carbocycles. The summed E-state index contributed by atoms with van der Waals surface area (Å²) in [6, 6.07) is 0. The summed E-state index contributed by atoms with van der Waals surface area (Å²) in [5.74, 6) is 0.186. The van der Waals surface area contributed by atoms with Gasteiger partial charge in [-0.2, -0.15) is 4.99 Å². The van der Waals surface area contributed by atoms with Crippen molar-refractivity contribution in [3.8, 4) is 0 Å². The quantitative estimate of drug-likeness (QED) is 0.374. The van der Waals surface area contributed by atoms with Crippen molar-refractivity contribution < 1.29 is 14.3 Å². The monoisotopic (exact) mass is 391 g/mol. The Kier molecular flexibility index (Phi) is 11.8. The third-order valence-corrected chi connectivity index (χ3v) is 3.48. The van der Waals surface area contributed by atoms with Gasteiger partial charge in [0.25, 0.3) is 5.91 Å². The number of carbonyl (C=O) groups is 2. The molecular weight excluding hydrogens is 354 g/mol. The molecule has 0 aromatic carbocycles. The molecule has 3 N–H and O–H groups in total. The fourth-order valence-electron chi connectivity index (χ4n) is 2.26. The van der Waals surface area contributed by atoms with Gasteiger partial charge < -0.3 is 15.8 Å². The number of allylic oxidation sites excluding steroid dienone is 4. The molecule has 0 saturated heterocycles. The second kappa shape index (κ2) is 12.9. The van der Waals surface area contributed by atoms with Crippen LogP contribution in [0, 0.1) is 5.92 Å². The van der Waals surface area contributed by atoms with E-state index in [9.17, 15) is 9.59 Å². The fraction of sp³-hybridized carbons (Fsp3) is 0.591. The van der Waals surface area contributed by atoms with Crippen LogP contribution in [-0.2, 0) is 9.53 Å². The number of aliphatic imine (C=N–C) groups is 1. The molecule has 0 aromatic rings. The smallest absolute Gasteiger partial charge is 0.408 e. The number of nitrogens with one attached hydrogen (secondary N) is 1. The van der Waals surface area contributed by atoms with Crippen LogP contribution in [0.2, 0.25) is 0 Å². The van der Waals surface area contributed by atoms with Gasteiger partial charge in [0.05, 0.1) is 0 Å². The van der Waals surface area contributed by atoms with Crippen LogP contribution in [0.5, 0.6) is 0 Å². The van der Waals surface area contributed by atoms with Crippen molar-refractivity contribution in [1.29, 1.82) is 0 Å². The molecule has 2 amide bonds. The maximum atomic E-state index is 12.0. The van der Waals surface area contributed by atoms with Gasteiger partial charge in [-0.15, -0.1) is 0 Å². The van der Waals surface area contributed by atoms with Gasteiger partial charge in [-0.1, -0.05) is 39.0 Å². The SMILES string of the molecule is CC.C\C=C/C(=C\C(=C\CC)C1CC1)C(N)=NC(=O)CNC(=O)OC(C)(C)C. The summed E-state index contributed by atoms with van der Waals surface area (Å²) in [5, 5.41) is 2.38. The van der Waals surface area contributed by atoms with E-state index in [0.717, 1.165) is 6.42 Å². The Hall–Kier alpha value is -2.37. The highest BCUT2D eigenvalue weighted by atomic mass is 16.6. The molecule has 0 bridgehead atoms. The van der Waals surface area contributed by atoms with E-state index in [2.05, 4.69) is 23.3 Å². The van der Waals surface area contributed by atoms with Crippen molar-refractivity contribution in [2.45, 2.75) is 73.3 Å². The Balaban J connectivity index is 0.00000352. The van der Waals surface area contributed by atoms with Crippen LogP contribution in [0.15, 0.2) is 40.4 Å². The predicted molar refractivity (Wildman–Crippen MR) is 116 cm³/mol. The Morgan fingerprint density at radius 3 is 2.32 bits per heavy atom. The number of carbonyl (C=O) groups excluding carboxylic acids is 2. The van der Waals surface area contributed by atoms with Crippen molar-refractivity contribution in [2.75, 3.05) is 6.54 Å². The average Bonchev–Trinajstić information content (AvgIpc) is 3.44. The van der Waals surface area contributed by atoms with Crippen LogP contribution in [-0.4, -0.2) is 30.0 Å². The van der Waals surface area contributed by atoms with Gasteiger partial charge in [-0.3, -0.25) is 4.79 Å². The number of hydrogen-bond acceptors (Lipinski definition) is 3. The Bertz CT molecular complexity index is 634. The average molecular weight is 392 g/mol. The summed E-state index contributed by atoms with van der Waals surface area (Å²) < 4.78 is 5.08. The summed E-state index contributed by atoms with van der Waals surface area (Å²) in [6.07, 6.45) is 10.5. The van der Waals surface area contributed by atoms with E-state index in [1.165, 1.54) is 18.4 Å². The lowest BCUT2D eigenvalue weighted by Crippen LogP contribution is -2.35. The summed E-state index contributed by atoms with van der Waals surface area (Å²) in [4.78, 5) is 27.5. The Morgan fingerprint density at radius 2 is 1.86 bits per heavy atom. The lowest BCUT2D eigenvalue weighted by atomic mass is 10.0. The zero-order valence-electron chi connectivity index (χ0n) is 18.5. The van der Waals surface area contributed by atoms with Crippen LogP contribution < -0.4 is 11.1 Å². The number of alkyl carbamates (subject to hydrolysis) is 1. The Morgan fingerprint density at radius 1 is 1.25 bits per heavy atom. The van der Waals surface area contributed by atoms with Gasteiger partial charge in [0.1, 0.15) is 18.0 Å². The largest absolute Gasteiger partial charge is 0.444 e. The molecule has 158 valence electrons. The maximum Gasteiger partial charge on any atom is 0.408 e. The van der Waals surface area contributed by atoms with E-state index in [4.69, 9.17) is 10.5 Å². The van der Waals surface area contributed by atoms with E-state index < -0.39 is 17.6 Å². The van der Waals surface area contributed by atoms with Crippen LogP contribution in [0.3, 0.4) is 0 Å². The van der Waals surface area contributed by atoms with E-state index in [1.807, 2.05) is 39.0 Å². The van der Waals surface area contributed by atoms with E-state index in [-0.39, 0.29) is 12.4 Å². The molecule has 0 radical (unpaired) electrons. The zero-order chi connectivity index (χ0) is 21.7. The second-order valence-corrected chi connectivity index (χ2v) is 7.23. The minimum Gasteiger partial charge on any atom is -0.444 e. The number of hydrogen-bond donors (Lipinski definition) is 2. The highest BCUT2D eigenvalue weighted by Crippen LogP contribution is 2.37.